The van der Waals surface area contributed by atoms with Gasteiger partial charge in [0.05, 0.1) is 5.92 Å². The normalized spacial score (nSPS) is 23.6. The zero-order chi connectivity index (χ0) is 15.6. The van der Waals surface area contributed by atoms with Gasteiger partial charge in [0, 0.05) is 32.1 Å². The molecule has 5 nitrogen and oxygen atoms in total. The zero-order valence-corrected chi connectivity index (χ0v) is 13.2. The monoisotopic (exact) mass is 343 g/mol. The molecular weight excluding hydrogens is 323 g/mol. The van der Waals surface area contributed by atoms with E-state index >= 15 is 0 Å². The Morgan fingerprint density at radius 3 is 2.41 bits per heavy atom. The molecule has 2 fully saturated rings. The maximum Gasteiger partial charge on any atom is 0.406 e. The van der Waals surface area contributed by atoms with Crippen LogP contribution in [-0.4, -0.2) is 67.1 Å². The first-order valence-electron chi connectivity index (χ1n) is 7.10. The topological polar surface area (TPSA) is 52.7 Å². The van der Waals surface area contributed by atoms with Gasteiger partial charge in [0.2, 0.25) is 11.8 Å². The van der Waals surface area contributed by atoms with Crippen molar-refractivity contribution < 1.29 is 22.8 Å². The van der Waals surface area contributed by atoms with E-state index < -0.39 is 24.5 Å². The molecule has 1 atom stereocenters. The van der Waals surface area contributed by atoms with E-state index in [1.54, 1.807) is 4.90 Å². The molecule has 2 rings (SSSR count). The van der Waals surface area contributed by atoms with E-state index in [1.807, 2.05) is 7.05 Å². The highest BCUT2D eigenvalue weighted by atomic mass is 35.5. The van der Waals surface area contributed by atoms with Crippen molar-refractivity contribution in [1.82, 2.24) is 15.1 Å². The lowest BCUT2D eigenvalue weighted by Gasteiger charge is -2.33. The lowest BCUT2D eigenvalue weighted by molar-refractivity contribution is -0.157. The van der Waals surface area contributed by atoms with Gasteiger partial charge in [0.25, 0.3) is 0 Å². The first kappa shape index (κ1) is 19.0. The molecule has 2 saturated heterocycles. The molecule has 0 aromatic heterocycles. The quantitative estimate of drug-likeness (QED) is 0.832. The van der Waals surface area contributed by atoms with Crippen molar-refractivity contribution >= 4 is 24.2 Å². The fourth-order valence-electron chi connectivity index (χ4n) is 2.95. The number of amides is 2. The second kappa shape index (κ2) is 7.50. The zero-order valence-electron chi connectivity index (χ0n) is 12.4. The number of nitrogens with zero attached hydrogens (tertiary/aromatic N) is 2. The fraction of sp³-hybridized carbons (Fsp3) is 0.846. The number of halogens is 4. The Kier molecular flexibility index (Phi) is 6.49. The molecule has 2 amide bonds. The lowest BCUT2D eigenvalue weighted by Crippen LogP contribution is -2.46. The molecule has 0 aromatic rings. The van der Waals surface area contributed by atoms with Crippen molar-refractivity contribution in [2.75, 3.05) is 33.2 Å². The SMILES string of the molecule is CNC1CCN(C(=O)C2CC(=O)N(CC(F)(F)F)C2)CC1.Cl. The van der Waals surface area contributed by atoms with Crippen LogP contribution in [0.25, 0.3) is 0 Å². The van der Waals surface area contributed by atoms with E-state index in [2.05, 4.69) is 5.32 Å². The highest BCUT2D eigenvalue weighted by Crippen LogP contribution is 2.26. The van der Waals surface area contributed by atoms with Crippen molar-refractivity contribution in [1.29, 1.82) is 0 Å². The number of hydrogen-bond acceptors (Lipinski definition) is 3. The Labute approximate surface area is 133 Å². The molecule has 2 heterocycles. The number of nitrogens with one attached hydrogen (secondary N) is 1. The van der Waals surface area contributed by atoms with Crippen molar-refractivity contribution in [3.05, 3.63) is 0 Å². The summed E-state index contributed by atoms with van der Waals surface area (Å²) < 4.78 is 37.0. The summed E-state index contributed by atoms with van der Waals surface area (Å²) in [4.78, 5) is 26.3. The number of rotatable bonds is 3. The molecule has 22 heavy (non-hydrogen) atoms. The minimum atomic E-state index is -4.42. The molecule has 1 N–H and O–H groups in total. The maximum absolute atomic E-state index is 12.3. The molecule has 9 heteroatoms. The molecule has 0 aromatic carbocycles. The standard InChI is InChI=1S/C13H20F3N3O2.ClH/c1-17-10-2-4-18(5-3-10)12(21)9-6-11(20)19(7-9)8-13(14,15)16;/h9-10,17H,2-8H2,1H3;1H. The predicted molar refractivity (Wildman–Crippen MR) is 76.7 cm³/mol. The van der Waals surface area contributed by atoms with Gasteiger partial charge < -0.3 is 15.1 Å². The van der Waals surface area contributed by atoms with Crippen LogP contribution < -0.4 is 5.32 Å². The van der Waals surface area contributed by atoms with E-state index in [9.17, 15) is 22.8 Å². The Morgan fingerprint density at radius 1 is 1.32 bits per heavy atom. The first-order valence-corrected chi connectivity index (χ1v) is 7.10. The minimum absolute atomic E-state index is 0. The molecule has 128 valence electrons. The van der Waals surface area contributed by atoms with Crippen LogP contribution in [0, 0.1) is 5.92 Å². The number of likely N-dealkylation sites (tertiary alicyclic amines) is 2. The van der Waals surface area contributed by atoms with Crippen LogP contribution in [0.3, 0.4) is 0 Å². The van der Waals surface area contributed by atoms with Gasteiger partial charge in [-0.3, -0.25) is 9.59 Å². The van der Waals surface area contributed by atoms with E-state index in [4.69, 9.17) is 0 Å². The molecule has 0 saturated carbocycles. The molecule has 0 spiro atoms. The van der Waals surface area contributed by atoms with Crippen LogP contribution in [0.4, 0.5) is 13.2 Å². The number of piperidine rings is 1. The van der Waals surface area contributed by atoms with E-state index in [0.29, 0.717) is 19.1 Å². The van der Waals surface area contributed by atoms with Crippen molar-refractivity contribution in [3.63, 3.8) is 0 Å². The molecule has 0 bridgehead atoms. The Bertz CT molecular complexity index is 412. The van der Waals surface area contributed by atoms with Crippen LogP contribution in [0.5, 0.6) is 0 Å². The van der Waals surface area contributed by atoms with Gasteiger partial charge in [-0.1, -0.05) is 0 Å². The predicted octanol–water partition coefficient (Wildman–Crippen LogP) is 1.03. The van der Waals surface area contributed by atoms with Crippen LogP contribution in [-0.2, 0) is 9.59 Å². The third-order valence-corrected chi connectivity index (χ3v) is 4.15. The summed E-state index contributed by atoms with van der Waals surface area (Å²) in [6.45, 7) is -0.205. The molecule has 2 aliphatic rings. The van der Waals surface area contributed by atoms with Crippen LogP contribution in [0.15, 0.2) is 0 Å². The van der Waals surface area contributed by atoms with E-state index in [-0.39, 0.29) is 31.3 Å². The fourth-order valence-corrected chi connectivity index (χ4v) is 2.95. The van der Waals surface area contributed by atoms with Gasteiger partial charge in [-0.05, 0) is 19.9 Å². The summed E-state index contributed by atoms with van der Waals surface area (Å²) >= 11 is 0. The molecule has 0 aliphatic carbocycles. The van der Waals surface area contributed by atoms with E-state index in [0.717, 1.165) is 17.7 Å². The molecular formula is C13H21ClF3N3O2. The van der Waals surface area contributed by atoms with Crippen molar-refractivity contribution in [2.24, 2.45) is 5.92 Å². The highest BCUT2D eigenvalue weighted by molar-refractivity contribution is 5.89. The van der Waals surface area contributed by atoms with Crippen molar-refractivity contribution in [2.45, 2.75) is 31.5 Å². The lowest BCUT2D eigenvalue weighted by atomic mass is 10.0. The minimum Gasteiger partial charge on any atom is -0.342 e. The van der Waals surface area contributed by atoms with E-state index in [1.165, 1.54) is 0 Å². The largest absolute Gasteiger partial charge is 0.406 e. The Hall–Kier alpha value is -1.02. The summed E-state index contributed by atoms with van der Waals surface area (Å²) in [7, 11) is 1.87. The number of hydrogen-bond donors (Lipinski definition) is 1. The average molecular weight is 344 g/mol. The Morgan fingerprint density at radius 2 is 1.91 bits per heavy atom. The van der Waals surface area contributed by atoms with Gasteiger partial charge in [-0.2, -0.15) is 13.2 Å². The second-order valence-electron chi connectivity index (χ2n) is 5.68. The van der Waals surface area contributed by atoms with Crippen LogP contribution >= 0.6 is 12.4 Å². The average Bonchev–Trinajstić information content (AvgIpc) is 2.77. The highest BCUT2D eigenvalue weighted by Gasteiger charge is 2.41. The summed E-state index contributed by atoms with van der Waals surface area (Å²) in [5, 5.41) is 3.15. The van der Waals surface area contributed by atoms with Gasteiger partial charge in [0.15, 0.2) is 0 Å². The smallest absolute Gasteiger partial charge is 0.342 e. The molecule has 2 aliphatic heterocycles. The third-order valence-electron chi connectivity index (χ3n) is 4.15. The number of alkyl halides is 3. The van der Waals surface area contributed by atoms with Crippen LogP contribution in [0.2, 0.25) is 0 Å². The number of carbonyl (C=O) groups is 2. The molecule has 1 unspecified atom stereocenters. The third kappa shape index (κ3) is 4.74. The van der Waals surface area contributed by atoms with Gasteiger partial charge in [-0.25, -0.2) is 0 Å². The van der Waals surface area contributed by atoms with Gasteiger partial charge >= 0.3 is 6.18 Å². The maximum atomic E-state index is 12.3. The second-order valence-corrected chi connectivity index (χ2v) is 5.68. The first-order chi connectivity index (χ1) is 9.80. The van der Waals surface area contributed by atoms with Crippen molar-refractivity contribution in [3.8, 4) is 0 Å². The van der Waals surface area contributed by atoms with Crippen LogP contribution in [0.1, 0.15) is 19.3 Å². The van der Waals surface area contributed by atoms with Gasteiger partial charge in [-0.15, -0.1) is 12.4 Å². The summed E-state index contributed by atoms with van der Waals surface area (Å²) in [6, 6.07) is 0.376. The van der Waals surface area contributed by atoms with Gasteiger partial charge in [0.1, 0.15) is 6.54 Å². The summed E-state index contributed by atoms with van der Waals surface area (Å²) in [5.74, 6) is -1.41. The molecule has 0 radical (unpaired) electrons. The summed E-state index contributed by atoms with van der Waals surface area (Å²) in [6.07, 6.45) is -2.87. The number of carbonyl (C=O) groups excluding carboxylic acids is 2. The summed E-state index contributed by atoms with van der Waals surface area (Å²) in [5.41, 5.74) is 0. The Balaban J connectivity index is 0.00000242.